The monoisotopic (exact) mass is 408 g/mol. The van der Waals surface area contributed by atoms with Crippen LogP contribution in [-0.4, -0.2) is 47.8 Å². The standard InChI is InChI=1S/C24H28N2O4/c1-3-30-23(29)24(22(28)25(2)16-19-10-6-4-7-11-19)15-14-21(27)26(18-24)17-20-12-8-5-9-13-20/h4-13H,3,14-18H2,1-2H3. The van der Waals surface area contributed by atoms with Crippen LogP contribution in [0.4, 0.5) is 0 Å². The topological polar surface area (TPSA) is 66.9 Å². The number of carbonyl (C=O) groups is 3. The summed E-state index contributed by atoms with van der Waals surface area (Å²) in [4.78, 5) is 42.3. The normalized spacial score (nSPS) is 18.7. The van der Waals surface area contributed by atoms with Gasteiger partial charge in [-0.1, -0.05) is 60.7 Å². The van der Waals surface area contributed by atoms with E-state index in [1.165, 1.54) is 0 Å². The number of likely N-dealkylation sites (tertiary alicyclic amines) is 1. The molecule has 1 aliphatic heterocycles. The summed E-state index contributed by atoms with van der Waals surface area (Å²) in [5.41, 5.74) is 0.540. The molecule has 2 aromatic carbocycles. The number of hydrogen-bond acceptors (Lipinski definition) is 4. The van der Waals surface area contributed by atoms with Crippen LogP contribution in [-0.2, 0) is 32.2 Å². The number of benzene rings is 2. The van der Waals surface area contributed by atoms with E-state index in [-0.39, 0.29) is 37.8 Å². The highest BCUT2D eigenvalue weighted by Crippen LogP contribution is 2.35. The number of esters is 1. The summed E-state index contributed by atoms with van der Waals surface area (Å²) in [6, 6.07) is 19.2. The summed E-state index contributed by atoms with van der Waals surface area (Å²) in [6.07, 6.45) is 0.296. The zero-order chi connectivity index (χ0) is 21.6. The van der Waals surface area contributed by atoms with E-state index in [1.807, 2.05) is 60.7 Å². The molecule has 2 amide bonds. The van der Waals surface area contributed by atoms with Gasteiger partial charge in [0, 0.05) is 33.1 Å². The third-order valence-electron chi connectivity index (χ3n) is 5.48. The van der Waals surface area contributed by atoms with E-state index >= 15 is 0 Å². The lowest BCUT2D eigenvalue weighted by Gasteiger charge is -2.41. The Hall–Kier alpha value is -3.15. The van der Waals surface area contributed by atoms with Gasteiger partial charge in [-0.3, -0.25) is 14.4 Å². The molecule has 3 rings (SSSR count). The molecule has 0 N–H and O–H groups in total. The molecule has 1 heterocycles. The highest BCUT2D eigenvalue weighted by molar-refractivity contribution is 6.04. The molecule has 0 spiro atoms. The lowest BCUT2D eigenvalue weighted by Crippen LogP contribution is -2.58. The van der Waals surface area contributed by atoms with Crippen LogP contribution in [0.15, 0.2) is 60.7 Å². The Bertz CT molecular complexity index is 885. The molecule has 1 aliphatic rings. The Kier molecular flexibility index (Phi) is 6.87. The molecule has 1 fully saturated rings. The highest BCUT2D eigenvalue weighted by atomic mass is 16.5. The van der Waals surface area contributed by atoms with E-state index in [1.54, 1.807) is 23.8 Å². The van der Waals surface area contributed by atoms with Gasteiger partial charge in [0.1, 0.15) is 0 Å². The van der Waals surface area contributed by atoms with Crippen molar-refractivity contribution in [1.82, 2.24) is 9.80 Å². The van der Waals surface area contributed by atoms with Crippen molar-refractivity contribution >= 4 is 17.8 Å². The van der Waals surface area contributed by atoms with E-state index in [2.05, 4.69) is 0 Å². The summed E-state index contributed by atoms with van der Waals surface area (Å²) in [7, 11) is 1.69. The fourth-order valence-corrected chi connectivity index (χ4v) is 3.91. The van der Waals surface area contributed by atoms with E-state index < -0.39 is 11.4 Å². The summed E-state index contributed by atoms with van der Waals surface area (Å²) < 4.78 is 5.32. The largest absolute Gasteiger partial charge is 0.465 e. The molecule has 1 saturated heterocycles. The molecular weight excluding hydrogens is 380 g/mol. The number of rotatable bonds is 7. The maximum absolute atomic E-state index is 13.5. The molecule has 0 radical (unpaired) electrons. The van der Waals surface area contributed by atoms with E-state index in [4.69, 9.17) is 4.74 Å². The van der Waals surface area contributed by atoms with Gasteiger partial charge in [-0.25, -0.2) is 0 Å². The highest BCUT2D eigenvalue weighted by Gasteiger charge is 2.53. The molecule has 0 saturated carbocycles. The summed E-state index contributed by atoms with van der Waals surface area (Å²) in [6.45, 7) is 2.67. The van der Waals surface area contributed by atoms with Gasteiger partial charge in [0.2, 0.25) is 11.8 Å². The second kappa shape index (κ2) is 9.57. The van der Waals surface area contributed by atoms with Crippen molar-refractivity contribution < 1.29 is 19.1 Å². The van der Waals surface area contributed by atoms with Crippen molar-refractivity contribution in [3.63, 3.8) is 0 Å². The fourth-order valence-electron chi connectivity index (χ4n) is 3.91. The van der Waals surface area contributed by atoms with Crippen molar-refractivity contribution in [2.24, 2.45) is 5.41 Å². The Morgan fingerprint density at radius 2 is 1.63 bits per heavy atom. The van der Waals surface area contributed by atoms with E-state index in [0.717, 1.165) is 11.1 Å². The molecule has 2 aromatic rings. The fraction of sp³-hybridized carbons (Fsp3) is 0.375. The van der Waals surface area contributed by atoms with Gasteiger partial charge in [-0.15, -0.1) is 0 Å². The first-order chi connectivity index (χ1) is 14.5. The molecule has 0 bridgehead atoms. The van der Waals surface area contributed by atoms with Crippen molar-refractivity contribution in [2.75, 3.05) is 20.2 Å². The van der Waals surface area contributed by atoms with Crippen LogP contribution in [0.5, 0.6) is 0 Å². The van der Waals surface area contributed by atoms with Crippen LogP contribution in [0.25, 0.3) is 0 Å². The Morgan fingerprint density at radius 1 is 1.03 bits per heavy atom. The number of amides is 2. The third kappa shape index (κ3) is 4.70. The van der Waals surface area contributed by atoms with Crippen LogP contribution in [0, 0.1) is 5.41 Å². The van der Waals surface area contributed by atoms with Crippen molar-refractivity contribution in [2.45, 2.75) is 32.9 Å². The number of carbonyl (C=O) groups excluding carboxylic acids is 3. The van der Waals surface area contributed by atoms with Gasteiger partial charge < -0.3 is 14.5 Å². The first kappa shape index (κ1) is 21.6. The van der Waals surface area contributed by atoms with E-state index in [9.17, 15) is 14.4 Å². The van der Waals surface area contributed by atoms with Crippen molar-refractivity contribution in [3.05, 3.63) is 71.8 Å². The zero-order valence-electron chi connectivity index (χ0n) is 17.5. The average Bonchev–Trinajstić information content (AvgIpc) is 2.76. The third-order valence-corrected chi connectivity index (χ3v) is 5.48. The van der Waals surface area contributed by atoms with Crippen molar-refractivity contribution in [1.29, 1.82) is 0 Å². The Morgan fingerprint density at radius 3 is 2.23 bits per heavy atom. The molecule has 0 aliphatic carbocycles. The van der Waals surface area contributed by atoms with Gasteiger partial charge in [0.15, 0.2) is 5.41 Å². The van der Waals surface area contributed by atoms with Gasteiger partial charge in [-0.05, 0) is 24.5 Å². The smallest absolute Gasteiger partial charge is 0.323 e. The van der Waals surface area contributed by atoms with Gasteiger partial charge >= 0.3 is 5.97 Å². The average molecular weight is 408 g/mol. The van der Waals surface area contributed by atoms with Crippen LogP contribution < -0.4 is 0 Å². The molecule has 6 nitrogen and oxygen atoms in total. The predicted octanol–water partition coefficient (Wildman–Crippen LogP) is 3.02. The maximum atomic E-state index is 13.5. The molecular formula is C24H28N2O4. The summed E-state index contributed by atoms with van der Waals surface area (Å²) in [5.74, 6) is -0.923. The van der Waals surface area contributed by atoms with Gasteiger partial charge in [0.25, 0.3) is 0 Å². The second-order valence-corrected chi connectivity index (χ2v) is 7.68. The Balaban J connectivity index is 1.85. The van der Waals surface area contributed by atoms with Crippen LogP contribution in [0.2, 0.25) is 0 Å². The molecule has 30 heavy (non-hydrogen) atoms. The number of nitrogens with zero attached hydrogens (tertiary/aromatic N) is 2. The summed E-state index contributed by atoms with van der Waals surface area (Å²) in [5, 5.41) is 0. The first-order valence-electron chi connectivity index (χ1n) is 10.2. The molecule has 1 unspecified atom stereocenters. The first-order valence-corrected chi connectivity index (χ1v) is 10.2. The molecule has 6 heteroatoms. The minimum atomic E-state index is -1.39. The number of piperidine rings is 1. The maximum Gasteiger partial charge on any atom is 0.323 e. The SMILES string of the molecule is CCOC(=O)C1(C(=O)N(C)Cc2ccccc2)CCC(=O)N(Cc2ccccc2)C1. The number of ether oxygens (including phenoxy) is 1. The van der Waals surface area contributed by atoms with Crippen molar-refractivity contribution in [3.8, 4) is 0 Å². The molecule has 1 atom stereocenters. The van der Waals surface area contributed by atoms with Gasteiger partial charge in [0.05, 0.1) is 6.61 Å². The lowest BCUT2D eigenvalue weighted by atomic mass is 9.78. The number of hydrogen-bond donors (Lipinski definition) is 0. The minimum Gasteiger partial charge on any atom is -0.465 e. The van der Waals surface area contributed by atoms with Crippen LogP contribution in [0.1, 0.15) is 30.9 Å². The second-order valence-electron chi connectivity index (χ2n) is 7.68. The minimum absolute atomic E-state index is 0.0253. The molecule has 0 aromatic heterocycles. The quantitative estimate of drug-likeness (QED) is 0.522. The van der Waals surface area contributed by atoms with Gasteiger partial charge in [-0.2, -0.15) is 0 Å². The predicted molar refractivity (Wildman–Crippen MR) is 113 cm³/mol. The zero-order valence-corrected chi connectivity index (χ0v) is 17.5. The van der Waals surface area contributed by atoms with Crippen LogP contribution >= 0.6 is 0 Å². The van der Waals surface area contributed by atoms with E-state index in [0.29, 0.717) is 13.1 Å². The molecule has 158 valence electrons. The summed E-state index contributed by atoms with van der Waals surface area (Å²) >= 11 is 0. The Labute approximate surface area is 177 Å². The van der Waals surface area contributed by atoms with Crippen LogP contribution in [0.3, 0.4) is 0 Å². The lowest BCUT2D eigenvalue weighted by molar-refractivity contribution is -0.171.